The van der Waals surface area contributed by atoms with Crippen molar-refractivity contribution in [2.24, 2.45) is 16.7 Å². The Morgan fingerprint density at radius 2 is 2.08 bits per heavy atom. The highest BCUT2D eigenvalue weighted by Crippen LogP contribution is 2.75. The van der Waals surface area contributed by atoms with E-state index in [0.29, 0.717) is 11.7 Å². The Hall–Kier alpha value is -0.590. The summed E-state index contributed by atoms with van der Waals surface area (Å²) in [5.74, 6) is 0.931. The van der Waals surface area contributed by atoms with E-state index in [1.54, 1.807) is 0 Å². The van der Waals surface area contributed by atoms with Crippen LogP contribution in [0.15, 0.2) is 11.6 Å². The molecule has 0 spiro atoms. The quantitative estimate of drug-likeness (QED) is 0.635. The fraction of sp³-hybridized carbons (Fsp3) is 0.750. The van der Waals surface area contributed by atoms with Crippen LogP contribution in [0.2, 0.25) is 0 Å². The molecule has 13 heavy (non-hydrogen) atoms. The van der Waals surface area contributed by atoms with Crippen molar-refractivity contribution in [2.75, 3.05) is 0 Å². The fourth-order valence-electron chi connectivity index (χ4n) is 3.34. The monoisotopic (exact) mass is 178 g/mol. The predicted octanol–water partition coefficient (Wildman–Crippen LogP) is 2.96. The van der Waals surface area contributed by atoms with Crippen LogP contribution in [0.3, 0.4) is 0 Å². The van der Waals surface area contributed by atoms with Crippen LogP contribution >= 0.6 is 0 Å². The Morgan fingerprint density at radius 1 is 1.46 bits per heavy atom. The Bertz CT molecular complexity index is 302. The van der Waals surface area contributed by atoms with Gasteiger partial charge >= 0.3 is 0 Å². The number of allylic oxidation sites excluding steroid dienone is 2. The lowest BCUT2D eigenvalue weighted by atomic mass is 9.86. The summed E-state index contributed by atoms with van der Waals surface area (Å²) >= 11 is 0. The molecule has 72 valence electrons. The maximum atomic E-state index is 11.9. The fourth-order valence-corrected chi connectivity index (χ4v) is 3.34. The number of ketones is 1. The molecule has 0 bridgehead atoms. The number of fused-ring (bicyclic) bond motifs is 1. The third kappa shape index (κ3) is 0.762. The van der Waals surface area contributed by atoms with E-state index in [1.807, 2.05) is 6.92 Å². The van der Waals surface area contributed by atoms with Crippen molar-refractivity contribution in [1.29, 1.82) is 0 Å². The zero-order valence-electron chi connectivity index (χ0n) is 8.98. The highest BCUT2D eigenvalue weighted by atomic mass is 16.1. The van der Waals surface area contributed by atoms with Crippen LogP contribution in [-0.4, -0.2) is 5.78 Å². The summed E-state index contributed by atoms with van der Waals surface area (Å²) in [5.41, 5.74) is 1.23. The largest absolute Gasteiger partial charge is 0.294 e. The smallest absolute Gasteiger partial charge is 0.165 e. The van der Waals surface area contributed by atoms with Gasteiger partial charge in [0, 0.05) is 5.41 Å². The third-order valence-corrected chi connectivity index (χ3v) is 4.43. The minimum atomic E-state index is -0.0346. The highest BCUT2D eigenvalue weighted by molar-refractivity contribution is 6.06. The zero-order chi connectivity index (χ0) is 9.85. The van der Waals surface area contributed by atoms with Crippen LogP contribution in [0.4, 0.5) is 0 Å². The van der Waals surface area contributed by atoms with Gasteiger partial charge in [0.1, 0.15) is 0 Å². The van der Waals surface area contributed by atoms with E-state index >= 15 is 0 Å². The van der Waals surface area contributed by atoms with Crippen LogP contribution in [-0.2, 0) is 4.79 Å². The lowest BCUT2D eigenvalue weighted by Gasteiger charge is -2.17. The Balaban J connectivity index is 2.30. The van der Waals surface area contributed by atoms with E-state index in [-0.39, 0.29) is 10.8 Å². The first kappa shape index (κ1) is 8.98. The molecule has 1 fully saturated rings. The summed E-state index contributed by atoms with van der Waals surface area (Å²) in [6.07, 6.45) is 4.56. The number of carbonyl (C=O) groups excluding carboxylic acids is 1. The highest BCUT2D eigenvalue weighted by Gasteiger charge is 2.75. The van der Waals surface area contributed by atoms with Crippen molar-refractivity contribution in [3.05, 3.63) is 11.6 Å². The molecule has 0 N–H and O–H groups in total. The van der Waals surface area contributed by atoms with Gasteiger partial charge in [-0.25, -0.2) is 0 Å². The number of carbonyl (C=O) groups is 1. The molecule has 3 atom stereocenters. The Kier molecular flexibility index (Phi) is 1.56. The summed E-state index contributed by atoms with van der Waals surface area (Å²) in [6.45, 7) is 8.56. The first-order valence-corrected chi connectivity index (χ1v) is 5.21. The second-order valence-corrected chi connectivity index (χ2v) is 5.03. The van der Waals surface area contributed by atoms with Gasteiger partial charge in [-0.2, -0.15) is 0 Å². The molecule has 1 saturated carbocycles. The first-order chi connectivity index (χ1) is 5.98. The van der Waals surface area contributed by atoms with Crippen molar-refractivity contribution in [3.8, 4) is 0 Å². The molecule has 0 heterocycles. The summed E-state index contributed by atoms with van der Waals surface area (Å²) in [6, 6.07) is 0. The molecule has 0 amide bonds. The van der Waals surface area contributed by atoms with Crippen molar-refractivity contribution < 1.29 is 4.79 Å². The molecular weight excluding hydrogens is 160 g/mol. The number of Topliss-reactive ketones (excluding diaryl/α,β-unsaturated/α-hetero) is 1. The molecular formula is C12H18O. The molecule has 1 unspecified atom stereocenters. The van der Waals surface area contributed by atoms with Crippen LogP contribution in [0, 0.1) is 16.7 Å². The molecule has 1 nitrogen and oxygen atoms in total. The van der Waals surface area contributed by atoms with Crippen LogP contribution in [0.25, 0.3) is 0 Å². The first-order valence-electron chi connectivity index (χ1n) is 5.21. The number of hydrogen-bond acceptors (Lipinski definition) is 1. The van der Waals surface area contributed by atoms with E-state index in [4.69, 9.17) is 0 Å². The van der Waals surface area contributed by atoms with Crippen LogP contribution < -0.4 is 0 Å². The summed E-state index contributed by atoms with van der Waals surface area (Å²) in [5, 5.41) is 0. The molecule has 0 aromatic carbocycles. The number of hydrogen-bond donors (Lipinski definition) is 0. The Morgan fingerprint density at radius 3 is 2.46 bits per heavy atom. The maximum Gasteiger partial charge on any atom is 0.165 e. The van der Waals surface area contributed by atoms with Crippen molar-refractivity contribution in [2.45, 2.75) is 40.5 Å². The summed E-state index contributed by atoms with van der Waals surface area (Å²) in [7, 11) is 0. The molecule has 1 heteroatoms. The molecule has 2 aliphatic rings. The second-order valence-electron chi connectivity index (χ2n) is 5.03. The van der Waals surface area contributed by atoms with E-state index in [2.05, 4.69) is 26.8 Å². The van der Waals surface area contributed by atoms with E-state index in [9.17, 15) is 4.79 Å². The third-order valence-electron chi connectivity index (χ3n) is 4.43. The standard InChI is InChI=1S/C12H18O/c1-5-6-11(3)9-7-8(2)10(13)12(9,11)4/h7,9H,5-6H2,1-4H3/t9?,11-,12+/m1/s1. The van der Waals surface area contributed by atoms with Gasteiger partial charge in [0.05, 0.1) is 0 Å². The minimum absolute atomic E-state index is 0.0346. The molecule has 0 aliphatic heterocycles. The van der Waals surface area contributed by atoms with E-state index < -0.39 is 0 Å². The van der Waals surface area contributed by atoms with Crippen molar-refractivity contribution >= 4 is 5.78 Å². The summed E-state index contributed by atoms with van der Waals surface area (Å²) < 4.78 is 0. The van der Waals surface area contributed by atoms with Gasteiger partial charge in [-0.15, -0.1) is 0 Å². The van der Waals surface area contributed by atoms with Crippen molar-refractivity contribution in [1.82, 2.24) is 0 Å². The van der Waals surface area contributed by atoms with Gasteiger partial charge in [-0.3, -0.25) is 4.79 Å². The van der Waals surface area contributed by atoms with E-state index in [0.717, 1.165) is 5.57 Å². The average molecular weight is 178 g/mol. The Labute approximate surface area is 80.2 Å². The SMILES string of the molecule is CCC[C@]1(C)C2C=C(C)C(=O)[C@]21C. The van der Waals surface area contributed by atoms with Gasteiger partial charge in [-0.05, 0) is 30.3 Å². The topological polar surface area (TPSA) is 17.1 Å². The lowest BCUT2D eigenvalue weighted by Crippen LogP contribution is -2.19. The van der Waals surface area contributed by atoms with Crippen molar-refractivity contribution in [3.63, 3.8) is 0 Å². The van der Waals surface area contributed by atoms with Gasteiger partial charge in [0.25, 0.3) is 0 Å². The molecule has 0 radical (unpaired) electrons. The normalized spacial score (nSPS) is 47.5. The van der Waals surface area contributed by atoms with Crippen LogP contribution in [0.5, 0.6) is 0 Å². The van der Waals surface area contributed by atoms with E-state index in [1.165, 1.54) is 12.8 Å². The predicted molar refractivity (Wildman–Crippen MR) is 53.4 cm³/mol. The molecule has 2 aliphatic carbocycles. The van der Waals surface area contributed by atoms with Gasteiger partial charge < -0.3 is 0 Å². The lowest BCUT2D eigenvalue weighted by molar-refractivity contribution is -0.120. The molecule has 0 saturated heterocycles. The molecule has 2 rings (SSSR count). The van der Waals surface area contributed by atoms with Gasteiger partial charge in [-0.1, -0.05) is 33.3 Å². The van der Waals surface area contributed by atoms with Gasteiger partial charge in [0.15, 0.2) is 5.78 Å². The molecule has 0 aromatic heterocycles. The van der Waals surface area contributed by atoms with Gasteiger partial charge in [0.2, 0.25) is 0 Å². The summed E-state index contributed by atoms with van der Waals surface area (Å²) in [4.78, 5) is 11.9. The zero-order valence-corrected chi connectivity index (χ0v) is 8.98. The minimum Gasteiger partial charge on any atom is -0.294 e. The van der Waals surface area contributed by atoms with Crippen LogP contribution in [0.1, 0.15) is 40.5 Å². The maximum absolute atomic E-state index is 11.9. The average Bonchev–Trinajstić information content (AvgIpc) is 2.39. The number of rotatable bonds is 2. The molecule has 0 aromatic rings. The second kappa shape index (κ2) is 2.26.